The minimum absolute atomic E-state index is 0.00172. The Hall–Kier alpha value is -2.37. The zero-order valence-corrected chi connectivity index (χ0v) is 8.92. The molecule has 0 aliphatic heterocycles. The highest BCUT2D eigenvalue weighted by molar-refractivity contribution is 5.85. The summed E-state index contributed by atoms with van der Waals surface area (Å²) in [6, 6.07) is 5.84. The minimum Gasteiger partial charge on any atom is -0.476 e. The lowest BCUT2D eigenvalue weighted by molar-refractivity contribution is 0.0690. The van der Waals surface area contributed by atoms with Crippen LogP contribution in [0.4, 0.5) is 4.39 Å². The van der Waals surface area contributed by atoms with Crippen LogP contribution in [0.1, 0.15) is 10.5 Å². The van der Waals surface area contributed by atoms with Gasteiger partial charge in [0, 0.05) is 13.2 Å². The standard InChI is InChI=1S/C11H9FN2O3/c1-14-6-8(10(15)16)13-11(14)17-9-5-3-2-4-7(9)12/h2-6H,1H3,(H,15,16). The number of benzene rings is 1. The summed E-state index contributed by atoms with van der Waals surface area (Å²) in [7, 11) is 1.57. The van der Waals surface area contributed by atoms with Crippen LogP contribution in [0.3, 0.4) is 0 Å². The largest absolute Gasteiger partial charge is 0.476 e. The van der Waals surface area contributed by atoms with Crippen LogP contribution in [0.25, 0.3) is 0 Å². The van der Waals surface area contributed by atoms with Crippen LogP contribution < -0.4 is 4.74 Å². The fourth-order valence-electron chi connectivity index (χ4n) is 1.27. The molecular weight excluding hydrogens is 227 g/mol. The van der Waals surface area contributed by atoms with Gasteiger partial charge in [0.25, 0.3) is 0 Å². The first-order valence-corrected chi connectivity index (χ1v) is 4.77. The summed E-state index contributed by atoms with van der Waals surface area (Å²) >= 11 is 0. The molecule has 0 spiro atoms. The normalized spacial score (nSPS) is 10.2. The Morgan fingerprint density at radius 2 is 2.18 bits per heavy atom. The maximum atomic E-state index is 13.3. The van der Waals surface area contributed by atoms with E-state index in [1.165, 1.54) is 29.0 Å². The number of halogens is 1. The second kappa shape index (κ2) is 4.25. The average molecular weight is 236 g/mol. The van der Waals surface area contributed by atoms with Crippen molar-refractivity contribution in [2.75, 3.05) is 0 Å². The van der Waals surface area contributed by atoms with Crippen molar-refractivity contribution in [3.8, 4) is 11.8 Å². The van der Waals surface area contributed by atoms with Crippen LogP contribution in [-0.2, 0) is 7.05 Å². The van der Waals surface area contributed by atoms with Gasteiger partial charge in [-0.25, -0.2) is 9.18 Å². The molecule has 0 saturated carbocycles. The van der Waals surface area contributed by atoms with Crippen LogP contribution in [0.2, 0.25) is 0 Å². The van der Waals surface area contributed by atoms with Crippen molar-refractivity contribution in [3.05, 3.63) is 42.0 Å². The van der Waals surface area contributed by atoms with Crippen LogP contribution in [-0.4, -0.2) is 20.6 Å². The number of imidazole rings is 1. The smallest absolute Gasteiger partial charge is 0.356 e. The van der Waals surface area contributed by atoms with Gasteiger partial charge in [-0.1, -0.05) is 12.1 Å². The fourth-order valence-corrected chi connectivity index (χ4v) is 1.27. The Bertz CT molecular complexity index is 566. The number of hydrogen-bond acceptors (Lipinski definition) is 3. The fraction of sp³-hybridized carbons (Fsp3) is 0.0909. The molecule has 0 bridgehead atoms. The molecule has 2 aromatic rings. The van der Waals surface area contributed by atoms with E-state index < -0.39 is 11.8 Å². The predicted octanol–water partition coefficient (Wildman–Crippen LogP) is 2.05. The van der Waals surface area contributed by atoms with E-state index in [9.17, 15) is 9.18 Å². The summed E-state index contributed by atoms with van der Waals surface area (Å²) in [6.07, 6.45) is 1.29. The van der Waals surface area contributed by atoms with Crippen LogP contribution in [0, 0.1) is 5.82 Å². The molecule has 88 valence electrons. The zero-order chi connectivity index (χ0) is 12.4. The average Bonchev–Trinajstić information content (AvgIpc) is 2.64. The zero-order valence-electron chi connectivity index (χ0n) is 8.92. The number of carbonyl (C=O) groups is 1. The number of carboxylic acids is 1. The molecule has 5 nitrogen and oxygen atoms in total. The number of aromatic nitrogens is 2. The van der Waals surface area contributed by atoms with E-state index >= 15 is 0 Å². The molecule has 0 saturated heterocycles. The van der Waals surface area contributed by atoms with Gasteiger partial charge in [-0.05, 0) is 12.1 Å². The number of aryl methyl sites for hydroxylation is 1. The van der Waals surface area contributed by atoms with Gasteiger partial charge in [0.05, 0.1) is 0 Å². The maximum absolute atomic E-state index is 13.3. The predicted molar refractivity (Wildman–Crippen MR) is 56.6 cm³/mol. The molecule has 0 fully saturated rings. The van der Waals surface area contributed by atoms with Crippen molar-refractivity contribution in [1.29, 1.82) is 0 Å². The van der Waals surface area contributed by atoms with Crippen molar-refractivity contribution >= 4 is 5.97 Å². The van der Waals surface area contributed by atoms with E-state index in [2.05, 4.69) is 4.98 Å². The van der Waals surface area contributed by atoms with Crippen molar-refractivity contribution < 1.29 is 19.0 Å². The molecule has 0 unspecified atom stereocenters. The highest BCUT2D eigenvalue weighted by Crippen LogP contribution is 2.22. The molecule has 1 heterocycles. The van der Waals surface area contributed by atoms with E-state index in [4.69, 9.17) is 9.84 Å². The molecule has 1 aromatic heterocycles. The first-order valence-electron chi connectivity index (χ1n) is 4.77. The van der Waals surface area contributed by atoms with Gasteiger partial charge >= 0.3 is 12.0 Å². The van der Waals surface area contributed by atoms with Gasteiger partial charge in [-0.15, -0.1) is 0 Å². The second-order valence-corrected chi connectivity index (χ2v) is 3.36. The van der Waals surface area contributed by atoms with Crippen LogP contribution in [0.5, 0.6) is 11.8 Å². The number of carboxylic acid groups (broad SMARTS) is 1. The molecule has 0 amide bonds. The Morgan fingerprint density at radius 3 is 2.76 bits per heavy atom. The monoisotopic (exact) mass is 236 g/mol. The molecule has 17 heavy (non-hydrogen) atoms. The second-order valence-electron chi connectivity index (χ2n) is 3.36. The highest BCUT2D eigenvalue weighted by Gasteiger charge is 2.13. The molecule has 2 rings (SSSR count). The molecule has 1 N–H and O–H groups in total. The molecule has 0 aliphatic rings. The summed E-state index contributed by atoms with van der Waals surface area (Å²) in [5, 5.41) is 8.74. The Labute approximate surface area is 96.1 Å². The molecule has 1 aromatic carbocycles. The molecule has 0 aliphatic carbocycles. The van der Waals surface area contributed by atoms with Crippen molar-refractivity contribution in [1.82, 2.24) is 9.55 Å². The summed E-state index contributed by atoms with van der Waals surface area (Å²) in [5.74, 6) is -1.70. The van der Waals surface area contributed by atoms with Crippen molar-refractivity contribution in [3.63, 3.8) is 0 Å². The third-order valence-corrected chi connectivity index (χ3v) is 2.09. The topological polar surface area (TPSA) is 64.4 Å². The number of nitrogens with zero attached hydrogens (tertiary/aromatic N) is 2. The SMILES string of the molecule is Cn1cc(C(=O)O)nc1Oc1ccccc1F. The van der Waals surface area contributed by atoms with E-state index in [0.717, 1.165) is 0 Å². The maximum Gasteiger partial charge on any atom is 0.356 e. The number of hydrogen-bond donors (Lipinski definition) is 1. The Balaban J connectivity index is 2.30. The molecule has 0 radical (unpaired) electrons. The van der Waals surface area contributed by atoms with Crippen molar-refractivity contribution in [2.45, 2.75) is 0 Å². The Morgan fingerprint density at radius 1 is 1.47 bits per heavy atom. The summed E-state index contributed by atoms with van der Waals surface area (Å²) < 4.78 is 19.8. The van der Waals surface area contributed by atoms with E-state index in [-0.39, 0.29) is 17.5 Å². The van der Waals surface area contributed by atoms with Crippen LogP contribution in [0.15, 0.2) is 30.5 Å². The summed E-state index contributed by atoms with van der Waals surface area (Å²) in [5.41, 5.74) is -0.154. The molecule has 6 heteroatoms. The van der Waals surface area contributed by atoms with Crippen molar-refractivity contribution in [2.24, 2.45) is 7.05 Å². The number of ether oxygens (including phenoxy) is 1. The third-order valence-electron chi connectivity index (χ3n) is 2.09. The lowest BCUT2D eigenvalue weighted by atomic mass is 10.3. The Kier molecular flexibility index (Phi) is 2.78. The van der Waals surface area contributed by atoms with Gasteiger partial charge in [0.1, 0.15) is 0 Å². The van der Waals surface area contributed by atoms with E-state index in [0.29, 0.717) is 0 Å². The number of rotatable bonds is 3. The van der Waals surface area contributed by atoms with Gasteiger partial charge < -0.3 is 14.4 Å². The quantitative estimate of drug-likeness (QED) is 0.885. The van der Waals surface area contributed by atoms with Gasteiger partial charge in [-0.2, -0.15) is 4.98 Å². The first-order chi connectivity index (χ1) is 8.08. The van der Waals surface area contributed by atoms with E-state index in [1.807, 2.05) is 0 Å². The molecule has 0 atom stereocenters. The van der Waals surface area contributed by atoms with Gasteiger partial charge in [-0.3, -0.25) is 0 Å². The number of aromatic carboxylic acids is 1. The number of para-hydroxylation sites is 1. The van der Waals surface area contributed by atoms with Gasteiger partial charge in [0.2, 0.25) is 0 Å². The third kappa shape index (κ3) is 2.25. The minimum atomic E-state index is -1.16. The van der Waals surface area contributed by atoms with Gasteiger partial charge in [0.15, 0.2) is 17.3 Å². The molecular formula is C11H9FN2O3. The lowest BCUT2D eigenvalue weighted by Gasteiger charge is -2.04. The summed E-state index contributed by atoms with van der Waals surface area (Å²) in [4.78, 5) is 14.4. The van der Waals surface area contributed by atoms with E-state index in [1.54, 1.807) is 13.1 Å². The lowest BCUT2D eigenvalue weighted by Crippen LogP contribution is -1.96. The van der Waals surface area contributed by atoms with Crippen LogP contribution >= 0.6 is 0 Å². The summed E-state index contributed by atoms with van der Waals surface area (Å²) in [6.45, 7) is 0. The first kappa shape index (κ1) is 11.1. The highest BCUT2D eigenvalue weighted by atomic mass is 19.1.